The summed E-state index contributed by atoms with van der Waals surface area (Å²) in [6, 6.07) is 60.9. The summed E-state index contributed by atoms with van der Waals surface area (Å²) < 4.78 is 6.37. The van der Waals surface area contributed by atoms with Crippen molar-refractivity contribution in [3.05, 3.63) is 187 Å². The van der Waals surface area contributed by atoms with Crippen LogP contribution in [0.1, 0.15) is 11.4 Å². The molecule has 4 nitrogen and oxygen atoms in total. The van der Waals surface area contributed by atoms with E-state index >= 15 is 0 Å². The van der Waals surface area contributed by atoms with E-state index in [1.54, 1.807) is 0 Å². The quantitative estimate of drug-likeness (QED) is 0.174. The Kier molecular flexibility index (Phi) is 7.52. The van der Waals surface area contributed by atoms with E-state index in [1.165, 1.54) is 22.3 Å². The van der Waals surface area contributed by atoms with Crippen LogP contribution in [0.5, 0.6) is 0 Å². The molecule has 0 radical (unpaired) electrons. The molecule has 9 rings (SSSR count). The van der Waals surface area contributed by atoms with E-state index in [1.807, 2.05) is 78.9 Å². The predicted octanol–water partition coefficient (Wildman–Crippen LogP) is 11.7. The SMILES string of the molecule is c1ccc(-c2ccc(-c3ccc(-c4ccc5oc6cccc(Cc7nc(-c8ccccc8)nc(-c8ccccc8)n7)c6c5c4)cc3)cc2)cc1. The third kappa shape index (κ3) is 5.73. The highest BCUT2D eigenvalue weighted by Gasteiger charge is 2.16. The molecule has 0 amide bonds. The molecular formula is C46H31N3O. The Morgan fingerprint density at radius 1 is 0.360 bits per heavy atom. The average molecular weight is 642 g/mol. The predicted molar refractivity (Wildman–Crippen MR) is 204 cm³/mol. The van der Waals surface area contributed by atoms with Gasteiger partial charge < -0.3 is 4.42 Å². The van der Waals surface area contributed by atoms with E-state index < -0.39 is 0 Å². The molecule has 0 atom stereocenters. The van der Waals surface area contributed by atoms with Crippen LogP contribution >= 0.6 is 0 Å². The van der Waals surface area contributed by atoms with Gasteiger partial charge in [0.15, 0.2) is 11.6 Å². The molecule has 4 heteroatoms. The van der Waals surface area contributed by atoms with Crippen molar-refractivity contribution in [3.8, 4) is 56.2 Å². The van der Waals surface area contributed by atoms with Gasteiger partial charge in [0.2, 0.25) is 0 Å². The first kappa shape index (κ1) is 29.5. The molecule has 0 saturated carbocycles. The Hall–Kier alpha value is -6.65. The molecule has 236 valence electrons. The second-order valence-electron chi connectivity index (χ2n) is 12.4. The average Bonchev–Trinajstić information content (AvgIpc) is 3.58. The minimum absolute atomic E-state index is 0.538. The van der Waals surface area contributed by atoms with Gasteiger partial charge in [-0.3, -0.25) is 0 Å². The molecule has 0 fully saturated rings. The number of aromatic nitrogens is 3. The van der Waals surface area contributed by atoms with Crippen molar-refractivity contribution in [2.75, 3.05) is 0 Å². The van der Waals surface area contributed by atoms with Crippen molar-refractivity contribution in [2.24, 2.45) is 0 Å². The van der Waals surface area contributed by atoms with Crippen LogP contribution in [0, 0.1) is 0 Å². The van der Waals surface area contributed by atoms with Crippen molar-refractivity contribution in [1.29, 1.82) is 0 Å². The number of hydrogen-bond donors (Lipinski definition) is 0. The summed E-state index contributed by atoms with van der Waals surface area (Å²) in [4.78, 5) is 14.8. The van der Waals surface area contributed by atoms with Gasteiger partial charge in [-0.1, -0.05) is 158 Å². The maximum atomic E-state index is 6.37. The third-order valence-electron chi connectivity index (χ3n) is 9.22. The van der Waals surface area contributed by atoms with E-state index in [0.29, 0.717) is 23.9 Å². The Balaban J connectivity index is 1.06. The first-order valence-electron chi connectivity index (χ1n) is 16.8. The van der Waals surface area contributed by atoms with Crippen molar-refractivity contribution in [3.63, 3.8) is 0 Å². The fourth-order valence-corrected chi connectivity index (χ4v) is 6.67. The van der Waals surface area contributed by atoms with Gasteiger partial charge >= 0.3 is 0 Å². The number of rotatable bonds is 7. The lowest BCUT2D eigenvalue weighted by atomic mass is 9.97. The molecule has 0 N–H and O–H groups in total. The Morgan fingerprint density at radius 3 is 1.36 bits per heavy atom. The highest BCUT2D eigenvalue weighted by atomic mass is 16.3. The summed E-state index contributed by atoms with van der Waals surface area (Å²) >= 11 is 0. The Labute approximate surface area is 290 Å². The van der Waals surface area contributed by atoms with Crippen LogP contribution in [-0.4, -0.2) is 15.0 Å². The van der Waals surface area contributed by atoms with Crippen LogP contribution in [-0.2, 0) is 6.42 Å². The van der Waals surface area contributed by atoms with Crippen molar-refractivity contribution in [2.45, 2.75) is 6.42 Å². The molecule has 7 aromatic carbocycles. The van der Waals surface area contributed by atoms with Gasteiger partial charge in [0.1, 0.15) is 17.0 Å². The maximum Gasteiger partial charge on any atom is 0.163 e. The molecule has 0 saturated heterocycles. The monoisotopic (exact) mass is 641 g/mol. The summed E-state index contributed by atoms with van der Waals surface area (Å²) in [6.45, 7) is 0. The summed E-state index contributed by atoms with van der Waals surface area (Å²) in [7, 11) is 0. The molecule has 50 heavy (non-hydrogen) atoms. The summed E-state index contributed by atoms with van der Waals surface area (Å²) in [5, 5.41) is 2.16. The van der Waals surface area contributed by atoms with Crippen LogP contribution in [0.15, 0.2) is 180 Å². The second-order valence-corrected chi connectivity index (χ2v) is 12.4. The molecule has 9 aromatic rings. The summed E-state index contributed by atoms with van der Waals surface area (Å²) in [6.07, 6.45) is 0.538. The number of hydrogen-bond acceptors (Lipinski definition) is 4. The second kappa shape index (κ2) is 12.8. The van der Waals surface area contributed by atoms with Crippen molar-refractivity contribution >= 4 is 21.9 Å². The molecule has 0 aliphatic carbocycles. The van der Waals surface area contributed by atoms with Crippen LogP contribution in [0.3, 0.4) is 0 Å². The topological polar surface area (TPSA) is 51.8 Å². The van der Waals surface area contributed by atoms with E-state index in [9.17, 15) is 0 Å². The van der Waals surface area contributed by atoms with Gasteiger partial charge in [-0.25, -0.2) is 15.0 Å². The van der Waals surface area contributed by atoms with E-state index in [4.69, 9.17) is 19.4 Å². The molecule has 0 aliphatic rings. The van der Waals surface area contributed by atoms with Gasteiger partial charge in [-0.15, -0.1) is 0 Å². The van der Waals surface area contributed by atoms with Crippen LogP contribution in [0.25, 0.3) is 78.1 Å². The maximum absolute atomic E-state index is 6.37. The lowest BCUT2D eigenvalue weighted by molar-refractivity contribution is 0.668. The first-order valence-corrected chi connectivity index (χ1v) is 16.8. The zero-order valence-corrected chi connectivity index (χ0v) is 27.2. The first-order chi connectivity index (χ1) is 24.7. The molecule has 0 unspecified atom stereocenters. The Bertz CT molecular complexity index is 2520. The van der Waals surface area contributed by atoms with Crippen molar-refractivity contribution < 1.29 is 4.42 Å². The van der Waals surface area contributed by atoms with Gasteiger partial charge in [0.05, 0.1) is 0 Å². The number of benzene rings is 7. The highest BCUT2D eigenvalue weighted by molar-refractivity contribution is 6.08. The zero-order chi connectivity index (χ0) is 33.3. The molecule has 0 aliphatic heterocycles. The minimum atomic E-state index is 0.538. The van der Waals surface area contributed by atoms with E-state index in [-0.39, 0.29) is 0 Å². The van der Waals surface area contributed by atoms with Gasteiger partial charge in [-0.05, 0) is 57.1 Å². The van der Waals surface area contributed by atoms with Crippen molar-refractivity contribution in [1.82, 2.24) is 15.0 Å². The van der Waals surface area contributed by atoms with Gasteiger partial charge in [0.25, 0.3) is 0 Å². The highest BCUT2D eigenvalue weighted by Crippen LogP contribution is 2.36. The molecule has 2 heterocycles. The van der Waals surface area contributed by atoms with E-state index in [0.717, 1.165) is 49.8 Å². The largest absolute Gasteiger partial charge is 0.456 e. The van der Waals surface area contributed by atoms with Gasteiger partial charge in [0, 0.05) is 28.3 Å². The molecule has 2 aromatic heterocycles. The number of fused-ring (bicyclic) bond motifs is 3. The fraction of sp³-hybridized carbons (Fsp3) is 0.0217. The summed E-state index contributed by atoms with van der Waals surface area (Å²) in [5.41, 5.74) is 11.9. The van der Waals surface area contributed by atoms with Crippen LogP contribution < -0.4 is 0 Å². The summed E-state index contributed by atoms with van der Waals surface area (Å²) in [5.74, 6) is 2.04. The number of furan rings is 1. The Morgan fingerprint density at radius 2 is 0.820 bits per heavy atom. The standard InChI is InChI=1S/C46H31N3O/c1-4-11-31(12-5-1)32-19-21-33(22-20-32)34-23-25-35(26-24-34)38-27-28-41-40(29-38)44-39(17-10-18-42(44)50-41)30-43-47-45(36-13-6-2-7-14-36)49-46(48-43)37-15-8-3-9-16-37/h1-29H,30H2. The van der Waals surface area contributed by atoms with E-state index in [2.05, 4.69) is 97.1 Å². The molecular weight excluding hydrogens is 611 g/mol. The third-order valence-corrected chi connectivity index (χ3v) is 9.22. The zero-order valence-electron chi connectivity index (χ0n) is 27.2. The lowest BCUT2D eigenvalue weighted by Gasteiger charge is -2.09. The minimum Gasteiger partial charge on any atom is -0.456 e. The molecule has 0 spiro atoms. The fourth-order valence-electron chi connectivity index (χ4n) is 6.67. The molecule has 0 bridgehead atoms. The normalized spacial score (nSPS) is 11.3. The smallest absolute Gasteiger partial charge is 0.163 e. The van der Waals surface area contributed by atoms with Crippen LogP contribution in [0.4, 0.5) is 0 Å². The lowest BCUT2D eigenvalue weighted by Crippen LogP contribution is -2.04. The van der Waals surface area contributed by atoms with Gasteiger partial charge in [-0.2, -0.15) is 0 Å². The number of nitrogens with zero attached hydrogens (tertiary/aromatic N) is 3. The van der Waals surface area contributed by atoms with Crippen LogP contribution in [0.2, 0.25) is 0 Å².